The number of amidine groups is 1. The molecule has 2 rings (SSSR count). The summed E-state index contributed by atoms with van der Waals surface area (Å²) in [5, 5.41) is 21.4. The van der Waals surface area contributed by atoms with Gasteiger partial charge in [0, 0.05) is 19.0 Å². The van der Waals surface area contributed by atoms with E-state index in [0.29, 0.717) is 18.5 Å². The average Bonchev–Trinajstić information content (AvgIpc) is 3.23. The van der Waals surface area contributed by atoms with Crippen molar-refractivity contribution in [1.29, 1.82) is 0 Å². The fourth-order valence-electron chi connectivity index (χ4n) is 2.10. The first kappa shape index (κ1) is 14.2. The van der Waals surface area contributed by atoms with Crippen LogP contribution >= 0.6 is 0 Å². The molecule has 0 heterocycles. The summed E-state index contributed by atoms with van der Waals surface area (Å²) in [5.41, 5.74) is 6.63. The van der Waals surface area contributed by atoms with Gasteiger partial charge in [0.05, 0.1) is 5.56 Å². The molecule has 1 fully saturated rings. The first-order chi connectivity index (χ1) is 9.52. The highest BCUT2D eigenvalue weighted by Crippen LogP contribution is 2.30. The van der Waals surface area contributed by atoms with Crippen LogP contribution < -0.4 is 5.73 Å². The first-order valence-corrected chi connectivity index (χ1v) is 6.60. The number of aromatic hydroxyl groups is 1. The predicted molar refractivity (Wildman–Crippen MR) is 74.9 cm³/mol. The number of carbonyl (C=O) groups is 1. The van der Waals surface area contributed by atoms with Crippen LogP contribution in [0.3, 0.4) is 0 Å². The molecule has 1 aromatic carbocycles. The quantitative estimate of drug-likeness (QED) is 0.328. The van der Waals surface area contributed by atoms with Crippen molar-refractivity contribution < 1.29 is 15.1 Å². The molecule has 0 atom stereocenters. The number of oxime groups is 1. The van der Waals surface area contributed by atoms with E-state index in [9.17, 15) is 9.90 Å². The van der Waals surface area contributed by atoms with Crippen LogP contribution in [0.2, 0.25) is 0 Å². The van der Waals surface area contributed by atoms with Gasteiger partial charge in [-0.3, -0.25) is 4.79 Å². The van der Waals surface area contributed by atoms with Gasteiger partial charge in [-0.2, -0.15) is 0 Å². The molecule has 1 aromatic rings. The fraction of sp³-hybridized carbons (Fsp3) is 0.429. The maximum absolute atomic E-state index is 12.5. The zero-order valence-electron chi connectivity index (χ0n) is 11.4. The molecule has 0 unspecified atom stereocenters. The lowest BCUT2D eigenvalue weighted by Crippen LogP contribution is -2.36. The molecular formula is C14H19N3O3. The zero-order chi connectivity index (χ0) is 14.7. The SMILES string of the molecule is Cc1ccc(C(=O)N(CCC(N)=NO)C2CC2)c(O)c1. The van der Waals surface area contributed by atoms with Crippen molar-refractivity contribution in [3.63, 3.8) is 0 Å². The van der Waals surface area contributed by atoms with E-state index in [1.165, 1.54) is 0 Å². The predicted octanol–water partition coefficient (Wildman–Crippen LogP) is 1.44. The van der Waals surface area contributed by atoms with E-state index >= 15 is 0 Å². The van der Waals surface area contributed by atoms with Crippen LogP contribution in [0.5, 0.6) is 5.75 Å². The summed E-state index contributed by atoms with van der Waals surface area (Å²) in [5.74, 6) is -0.128. The highest BCUT2D eigenvalue weighted by Gasteiger charge is 2.33. The van der Waals surface area contributed by atoms with Crippen molar-refractivity contribution >= 4 is 11.7 Å². The lowest BCUT2D eigenvalue weighted by atomic mass is 10.1. The van der Waals surface area contributed by atoms with Crippen LogP contribution in [-0.2, 0) is 0 Å². The molecule has 1 aliphatic rings. The second-order valence-electron chi connectivity index (χ2n) is 5.09. The van der Waals surface area contributed by atoms with Gasteiger partial charge in [0.15, 0.2) is 0 Å². The molecule has 1 aliphatic carbocycles. The maximum Gasteiger partial charge on any atom is 0.257 e. The summed E-state index contributed by atoms with van der Waals surface area (Å²) in [6.45, 7) is 2.23. The Bertz CT molecular complexity index is 538. The molecule has 0 spiro atoms. The number of nitrogens with two attached hydrogens (primary N) is 1. The van der Waals surface area contributed by atoms with Crippen LogP contribution in [0.15, 0.2) is 23.4 Å². The number of phenols is 1. The highest BCUT2D eigenvalue weighted by atomic mass is 16.4. The van der Waals surface area contributed by atoms with Crippen LogP contribution in [0.1, 0.15) is 35.2 Å². The van der Waals surface area contributed by atoms with Gasteiger partial charge < -0.3 is 20.9 Å². The Labute approximate surface area is 117 Å². The van der Waals surface area contributed by atoms with Crippen LogP contribution in [0.4, 0.5) is 0 Å². The number of aryl methyl sites for hydroxylation is 1. The van der Waals surface area contributed by atoms with E-state index in [0.717, 1.165) is 18.4 Å². The number of hydrogen-bond donors (Lipinski definition) is 3. The van der Waals surface area contributed by atoms with Crippen LogP contribution in [0, 0.1) is 6.92 Å². The third kappa shape index (κ3) is 3.20. The molecule has 20 heavy (non-hydrogen) atoms. The van der Waals surface area contributed by atoms with E-state index in [1.807, 2.05) is 6.92 Å². The lowest BCUT2D eigenvalue weighted by Gasteiger charge is -2.22. The van der Waals surface area contributed by atoms with Crippen molar-refractivity contribution in [2.75, 3.05) is 6.54 Å². The molecule has 0 bridgehead atoms. The Morgan fingerprint density at radius 1 is 1.50 bits per heavy atom. The minimum Gasteiger partial charge on any atom is -0.507 e. The number of phenolic OH excluding ortho intramolecular Hbond substituents is 1. The van der Waals surface area contributed by atoms with Crippen molar-refractivity contribution in [3.05, 3.63) is 29.3 Å². The Balaban J connectivity index is 2.14. The molecule has 6 heteroatoms. The van der Waals surface area contributed by atoms with Crippen molar-refractivity contribution in [2.45, 2.75) is 32.2 Å². The summed E-state index contributed by atoms with van der Waals surface area (Å²) in [6.07, 6.45) is 2.22. The second kappa shape index (κ2) is 5.81. The first-order valence-electron chi connectivity index (χ1n) is 6.60. The van der Waals surface area contributed by atoms with Gasteiger partial charge in [-0.1, -0.05) is 11.2 Å². The molecule has 6 nitrogen and oxygen atoms in total. The van der Waals surface area contributed by atoms with Crippen molar-refractivity contribution in [2.24, 2.45) is 10.9 Å². The molecule has 4 N–H and O–H groups in total. The van der Waals surface area contributed by atoms with E-state index in [1.54, 1.807) is 23.1 Å². The Kier molecular flexibility index (Phi) is 4.12. The molecule has 0 saturated heterocycles. The number of rotatable bonds is 5. The Hall–Kier alpha value is -2.24. The van der Waals surface area contributed by atoms with Gasteiger partial charge in [-0.15, -0.1) is 0 Å². The van der Waals surface area contributed by atoms with Gasteiger partial charge >= 0.3 is 0 Å². The lowest BCUT2D eigenvalue weighted by molar-refractivity contribution is 0.0744. The normalized spacial score (nSPS) is 15.2. The molecule has 108 valence electrons. The second-order valence-corrected chi connectivity index (χ2v) is 5.09. The summed E-state index contributed by atoms with van der Waals surface area (Å²) in [4.78, 5) is 14.2. The van der Waals surface area contributed by atoms with E-state index in [-0.39, 0.29) is 23.5 Å². The highest BCUT2D eigenvalue weighted by molar-refractivity contribution is 5.97. The Morgan fingerprint density at radius 3 is 2.75 bits per heavy atom. The molecule has 0 radical (unpaired) electrons. The summed E-state index contributed by atoms with van der Waals surface area (Å²) in [7, 11) is 0. The number of benzene rings is 1. The van der Waals surface area contributed by atoms with Gasteiger partial charge in [0.25, 0.3) is 5.91 Å². The van der Waals surface area contributed by atoms with Crippen molar-refractivity contribution in [3.8, 4) is 5.75 Å². The minimum atomic E-state index is -0.212. The topological polar surface area (TPSA) is 99.2 Å². The van der Waals surface area contributed by atoms with Gasteiger partial charge in [-0.25, -0.2) is 0 Å². The summed E-state index contributed by atoms with van der Waals surface area (Å²) >= 11 is 0. The fourth-order valence-corrected chi connectivity index (χ4v) is 2.10. The number of nitrogens with zero attached hydrogens (tertiary/aromatic N) is 2. The molecule has 0 aliphatic heterocycles. The number of hydrogen-bond acceptors (Lipinski definition) is 4. The zero-order valence-corrected chi connectivity index (χ0v) is 11.4. The largest absolute Gasteiger partial charge is 0.507 e. The minimum absolute atomic E-state index is 0.00977. The van der Waals surface area contributed by atoms with E-state index in [2.05, 4.69) is 5.16 Å². The van der Waals surface area contributed by atoms with Crippen LogP contribution in [0.25, 0.3) is 0 Å². The third-order valence-corrected chi connectivity index (χ3v) is 3.37. The number of carbonyl (C=O) groups excluding carboxylic acids is 1. The third-order valence-electron chi connectivity index (χ3n) is 3.37. The molecule has 1 saturated carbocycles. The van der Waals surface area contributed by atoms with Crippen molar-refractivity contribution in [1.82, 2.24) is 4.90 Å². The Morgan fingerprint density at radius 2 is 2.20 bits per heavy atom. The monoisotopic (exact) mass is 277 g/mol. The smallest absolute Gasteiger partial charge is 0.257 e. The number of amides is 1. The van der Waals surface area contributed by atoms with Gasteiger partial charge in [-0.05, 0) is 37.5 Å². The summed E-state index contributed by atoms with van der Waals surface area (Å²) in [6, 6.07) is 5.18. The van der Waals surface area contributed by atoms with Crippen LogP contribution in [-0.4, -0.2) is 39.5 Å². The molecular weight excluding hydrogens is 258 g/mol. The summed E-state index contributed by atoms with van der Waals surface area (Å²) < 4.78 is 0. The standard InChI is InChI=1S/C14H19N3O3/c1-9-2-5-11(12(18)8-9)14(19)17(10-3-4-10)7-6-13(15)16-20/h2,5,8,10,18,20H,3-4,6-7H2,1H3,(H2,15,16). The van der Waals surface area contributed by atoms with E-state index < -0.39 is 0 Å². The maximum atomic E-state index is 12.5. The van der Waals surface area contributed by atoms with E-state index in [4.69, 9.17) is 10.9 Å². The van der Waals surface area contributed by atoms with Gasteiger partial charge in [0.2, 0.25) is 0 Å². The average molecular weight is 277 g/mol. The molecule has 0 aromatic heterocycles. The molecule has 1 amide bonds. The van der Waals surface area contributed by atoms with Gasteiger partial charge in [0.1, 0.15) is 11.6 Å².